The Bertz CT molecular complexity index is 496. The molecule has 0 aromatic heterocycles. The molecule has 0 heterocycles. The molecule has 0 spiro atoms. The van der Waals surface area contributed by atoms with E-state index in [2.05, 4.69) is 74.2 Å². The van der Waals surface area contributed by atoms with E-state index in [-0.39, 0.29) is 0 Å². The maximum Gasteiger partial charge on any atom is 0.0340 e. The van der Waals surface area contributed by atoms with Gasteiger partial charge in [0, 0.05) is 12.8 Å². The number of rotatable bonds is 2. The van der Waals surface area contributed by atoms with Crippen molar-refractivity contribution in [2.45, 2.75) is 26.7 Å². The van der Waals surface area contributed by atoms with Gasteiger partial charge >= 0.3 is 0 Å². The molecule has 0 fully saturated rings. The van der Waals surface area contributed by atoms with Gasteiger partial charge in [-0.15, -0.1) is 0 Å². The van der Waals surface area contributed by atoms with Crippen LogP contribution < -0.4 is 0 Å². The van der Waals surface area contributed by atoms with Crippen LogP contribution in [0.5, 0.6) is 0 Å². The molecule has 0 atom stereocenters. The van der Waals surface area contributed by atoms with Gasteiger partial charge in [-0.2, -0.15) is 0 Å². The molecule has 0 saturated heterocycles. The minimum Gasteiger partial charge on any atom is -0.0982 e. The fourth-order valence-corrected chi connectivity index (χ4v) is 1.74. The molecule has 0 amide bonds. The fourth-order valence-electron chi connectivity index (χ4n) is 1.74. The monoisotopic (exact) mass is 234 g/mol. The molecule has 0 heteroatoms. The van der Waals surface area contributed by atoms with Crippen molar-refractivity contribution < 1.29 is 0 Å². The number of aryl methyl sites for hydroxylation is 2. The zero-order valence-corrected chi connectivity index (χ0v) is 11.0. The molecule has 0 radical (unpaired) electrons. The van der Waals surface area contributed by atoms with Crippen molar-refractivity contribution in [1.29, 1.82) is 0 Å². The van der Waals surface area contributed by atoms with Crippen molar-refractivity contribution in [2.24, 2.45) is 0 Å². The lowest BCUT2D eigenvalue weighted by Crippen LogP contribution is -1.84. The van der Waals surface area contributed by atoms with Gasteiger partial charge in [-0.25, -0.2) is 0 Å². The minimum absolute atomic E-state index is 0.839. The largest absolute Gasteiger partial charge is 0.0982 e. The van der Waals surface area contributed by atoms with Gasteiger partial charge < -0.3 is 0 Å². The molecule has 0 saturated carbocycles. The van der Waals surface area contributed by atoms with Crippen LogP contribution in [0.15, 0.2) is 48.5 Å². The summed E-state index contributed by atoms with van der Waals surface area (Å²) in [6, 6.07) is 17.1. The summed E-state index contributed by atoms with van der Waals surface area (Å²) >= 11 is 0. The first-order valence-corrected chi connectivity index (χ1v) is 6.31. The van der Waals surface area contributed by atoms with E-state index in [4.69, 9.17) is 0 Å². The van der Waals surface area contributed by atoms with Gasteiger partial charge in [0.15, 0.2) is 0 Å². The summed E-state index contributed by atoms with van der Waals surface area (Å²) in [4.78, 5) is 0. The Morgan fingerprint density at radius 2 is 0.944 bits per heavy atom. The lowest BCUT2D eigenvalue weighted by atomic mass is 10.1. The number of benzene rings is 2. The van der Waals surface area contributed by atoms with Gasteiger partial charge in [0.25, 0.3) is 0 Å². The van der Waals surface area contributed by atoms with Crippen LogP contribution in [0.4, 0.5) is 0 Å². The van der Waals surface area contributed by atoms with Crippen molar-refractivity contribution in [2.75, 3.05) is 0 Å². The van der Waals surface area contributed by atoms with Crippen molar-refractivity contribution in [3.63, 3.8) is 0 Å². The molecule has 90 valence electrons. The van der Waals surface area contributed by atoms with Gasteiger partial charge in [-0.3, -0.25) is 0 Å². The van der Waals surface area contributed by atoms with Crippen LogP contribution in [0.25, 0.3) is 0 Å². The number of hydrogen-bond acceptors (Lipinski definition) is 0. The Morgan fingerprint density at radius 3 is 1.28 bits per heavy atom. The Hall–Kier alpha value is -2.00. The molecule has 2 aromatic carbocycles. The molecule has 18 heavy (non-hydrogen) atoms. The molecule has 0 aliphatic rings. The molecular formula is C18H18. The van der Waals surface area contributed by atoms with E-state index in [0.717, 1.165) is 12.8 Å². The lowest BCUT2D eigenvalue weighted by Gasteiger charge is -1.96. The molecule has 0 bridgehead atoms. The van der Waals surface area contributed by atoms with E-state index in [1.54, 1.807) is 0 Å². The molecule has 0 aliphatic heterocycles. The first kappa shape index (κ1) is 12.5. The average molecular weight is 234 g/mol. The summed E-state index contributed by atoms with van der Waals surface area (Å²) in [5.41, 5.74) is 5.17. The van der Waals surface area contributed by atoms with Crippen molar-refractivity contribution in [1.82, 2.24) is 0 Å². The third-order valence-corrected chi connectivity index (χ3v) is 2.95. The summed E-state index contributed by atoms with van der Waals surface area (Å²) < 4.78 is 0. The van der Waals surface area contributed by atoms with Crippen LogP contribution in [0.3, 0.4) is 0 Å². The van der Waals surface area contributed by atoms with Gasteiger partial charge in [-0.05, 0) is 25.0 Å². The van der Waals surface area contributed by atoms with Crippen LogP contribution in [0, 0.1) is 25.7 Å². The quantitative estimate of drug-likeness (QED) is 0.686. The van der Waals surface area contributed by atoms with Crippen molar-refractivity contribution in [3.8, 4) is 11.8 Å². The zero-order chi connectivity index (χ0) is 12.8. The summed E-state index contributed by atoms with van der Waals surface area (Å²) in [6.45, 7) is 4.21. The molecule has 0 nitrogen and oxygen atoms in total. The highest BCUT2D eigenvalue weighted by molar-refractivity contribution is 5.28. The third-order valence-electron chi connectivity index (χ3n) is 2.95. The van der Waals surface area contributed by atoms with Gasteiger partial charge in [0.05, 0.1) is 0 Å². The predicted molar refractivity (Wildman–Crippen MR) is 77.5 cm³/mol. The normalized spacial score (nSPS) is 9.67. The Labute approximate surface area is 110 Å². The Morgan fingerprint density at radius 1 is 0.611 bits per heavy atom. The van der Waals surface area contributed by atoms with E-state index in [1.165, 1.54) is 22.3 Å². The topological polar surface area (TPSA) is 0 Å². The Balaban J connectivity index is 1.89. The minimum atomic E-state index is 0.839. The Kier molecular flexibility index (Phi) is 4.20. The average Bonchev–Trinajstić information content (AvgIpc) is 2.39. The van der Waals surface area contributed by atoms with E-state index >= 15 is 0 Å². The summed E-state index contributed by atoms with van der Waals surface area (Å²) in [6.07, 6.45) is 1.68. The van der Waals surface area contributed by atoms with Gasteiger partial charge in [0.2, 0.25) is 0 Å². The van der Waals surface area contributed by atoms with Crippen LogP contribution >= 0.6 is 0 Å². The van der Waals surface area contributed by atoms with Gasteiger partial charge in [0.1, 0.15) is 0 Å². The maximum absolute atomic E-state index is 3.23. The molecule has 2 aromatic rings. The number of hydrogen-bond donors (Lipinski definition) is 0. The van der Waals surface area contributed by atoms with Gasteiger partial charge in [-0.1, -0.05) is 71.5 Å². The van der Waals surface area contributed by atoms with Crippen LogP contribution in [0.2, 0.25) is 0 Å². The highest BCUT2D eigenvalue weighted by Gasteiger charge is 1.90. The molecular weight excluding hydrogens is 216 g/mol. The molecule has 0 unspecified atom stereocenters. The second-order valence-electron chi connectivity index (χ2n) is 4.68. The summed E-state index contributed by atoms with van der Waals surface area (Å²) in [5.74, 6) is 6.47. The third kappa shape index (κ3) is 3.79. The van der Waals surface area contributed by atoms with E-state index in [0.29, 0.717) is 0 Å². The first-order valence-electron chi connectivity index (χ1n) is 6.31. The van der Waals surface area contributed by atoms with Crippen molar-refractivity contribution >= 4 is 0 Å². The van der Waals surface area contributed by atoms with E-state index in [1.807, 2.05) is 0 Å². The highest BCUT2D eigenvalue weighted by atomic mass is 13.9. The summed E-state index contributed by atoms with van der Waals surface area (Å²) in [7, 11) is 0. The fraction of sp³-hybridized carbons (Fsp3) is 0.222. The predicted octanol–water partition coefficient (Wildman–Crippen LogP) is 4.09. The molecule has 2 rings (SSSR count). The standard InChI is InChI=1S/C18H18/c1-15-7-11-17(12-8-15)5-3-4-6-18-13-9-16(2)10-14-18/h7-14H,5-6H2,1-2H3. The summed E-state index contributed by atoms with van der Waals surface area (Å²) in [5, 5.41) is 0. The second kappa shape index (κ2) is 6.07. The zero-order valence-electron chi connectivity index (χ0n) is 11.0. The van der Waals surface area contributed by atoms with Crippen LogP contribution in [0.1, 0.15) is 22.3 Å². The van der Waals surface area contributed by atoms with Crippen LogP contribution in [-0.2, 0) is 12.8 Å². The van der Waals surface area contributed by atoms with Crippen LogP contribution in [-0.4, -0.2) is 0 Å². The lowest BCUT2D eigenvalue weighted by molar-refractivity contribution is 1.26. The SMILES string of the molecule is Cc1ccc(CC#CCc2ccc(C)cc2)cc1. The van der Waals surface area contributed by atoms with Crippen molar-refractivity contribution in [3.05, 3.63) is 70.8 Å². The smallest absolute Gasteiger partial charge is 0.0340 e. The molecule has 0 N–H and O–H groups in total. The highest BCUT2D eigenvalue weighted by Crippen LogP contribution is 2.04. The maximum atomic E-state index is 3.23. The molecule has 0 aliphatic carbocycles. The van der Waals surface area contributed by atoms with E-state index < -0.39 is 0 Å². The second-order valence-corrected chi connectivity index (χ2v) is 4.68. The van der Waals surface area contributed by atoms with E-state index in [9.17, 15) is 0 Å². The first-order chi connectivity index (χ1) is 8.74.